The standard InChI is InChI=1S/C26H28N6O/c1-18-10-12-19(13-11-18)23-28-29-24-21-8-2-3-9-22(21)27-26(32(23)24)31-15-5-14-30(16-17-31)25(33)20-6-4-7-20/h2-3,8-13,20H,4-7,14-17H2,1H3. The molecule has 0 bridgehead atoms. The molecule has 7 nitrogen and oxygen atoms in total. The number of benzene rings is 2. The molecule has 4 aromatic rings. The average molecular weight is 441 g/mol. The quantitative estimate of drug-likeness (QED) is 0.480. The number of nitrogens with zero attached hydrogens (tertiary/aromatic N) is 6. The van der Waals surface area contributed by atoms with Gasteiger partial charge in [-0.1, -0.05) is 48.4 Å². The number of carbonyl (C=O) groups is 1. The van der Waals surface area contributed by atoms with Crippen LogP contribution in [0, 0.1) is 12.8 Å². The van der Waals surface area contributed by atoms with E-state index in [9.17, 15) is 4.79 Å². The summed E-state index contributed by atoms with van der Waals surface area (Å²) in [4.78, 5) is 22.3. The summed E-state index contributed by atoms with van der Waals surface area (Å²) in [7, 11) is 0. The Morgan fingerprint density at radius 1 is 0.909 bits per heavy atom. The maximum absolute atomic E-state index is 12.9. The third-order valence-corrected chi connectivity index (χ3v) is 7.08. The highest BCUT2D eigenvalue weighted by Crippen LogP contribution is 2.31. The van der Waals surface area contributed by atoms with Crippen molar-refractivity contribution in [2.75, 3.05) is 31.1 Å². The zero-order chi connectivity index (χ0) is 22.4. The molecule has 2 fully saturated rings. The first-order valence-electron chi connectivity index (χ1n) is 11.9. The van der Waals surface area contributed by atoms with Crippen molar-refractivity contribution in [1.29, 1.82) is 0 Å². The lowest BCUT2D eigenvalue weighted by atomic mass is 9.84. The Balaban J connectivity index is 1.43. The molecule has 0 radical (unpaired) electrons. The van der Waals surface area contributed by atoms with Gasteiger partial charge in [0.05, 0.1) is 5.52 Å². The van der Waals surface area contributed by atoms with E-state index in [-0.39, 0.29) is 5.92 Å². The Morgan fingerprint density at radius 3 is 2.52 bits per heavy atom. The van der Waals surface area contributed by atoms with Gasteiger partial charge in [0.2, 0.25) is 11.9 Å². The van der Waals surface area contributed by atoms with Crippen LogP contribution in [-0.2, 0) is 4.79 Å². The van der Waals surface area contributed by atoms with Crippen LogP contribution in [0.25, 0.3) is 27.9 Å². The van der Waals surface area contributed by atoms with E-state index in [1.807, 2.05) is 18.2 Å². The van der Waals surface area contributed by atoms with E-state index < -0.39 is 0 Å². The molecule has 0 spiro atoms. The molecule has 168 valence electrons. The Morgan fingerprint density at radius 2 is 1.73 bits per heavy atom. The Labute approximate surface area is 193 Å². The first-order chi connectivity index (χ1) is 16.2. The van der Waals surface area contributed by atoms with Crippen molar-refractivity contribution in [1.82, 2.24) is 24.5 Å². The summed E-state index contributed by atoms with van der Waals surface area (Å²) in [5, 5.41) is 10.2. The normalized spacial score (nSPS) is 17.4. The van der Waals surface area contributed by atoms with Crippen molar-refractivity contribution >= 4 is 28.4 Å². The summed E-state index contributed by atoms with van der Waals surface area (Å²) in [6.07, 6.45) is 4.21. The van der Waals surface area contributed by atoms with E-state index >= 15 is 0 Å². The fourth-order valence-electron chi connectivity index (χ4n) is 4.92. The van der Waals surface area contributed by atoms with Crippen molar-refractivity contribution in [2.24, 2.45) is 5.92 Å². The van der Waals surface area contributed by atoms with Crippen LogP contribution in [0.15, 0.2) is 48.5 Å². The number of para-hydroxylation sites is 1. The third-order valence-electron chi connectivity index (χ3n) is 7.08. The highest BCUT2D eigenvalue weighted by atomic mass is 16.2. The SMILES string of the molecule is Cc1ccc(-c2nnc3c4ccccc4nc(N4CCCN(C(=O)C5CCC5)CC4)n23)cc1. The van der Waals surface area contributed by atoms with E-state index in [1.54, 1.807) is 0 Å². The molecule has 1 aliphatic carbocycles. The van der Waals surface area contributed by atoms with Crippen molar-refractivity contribution in [3.8, 4) is 11.4 Å². The zero-order valence-electron chi connectivity index (χ0n) is 18.9. The minimum atomic E-state index is 0.244. The van der Waals surface area contributed by atoms with Gasteiger partial charge in [0.25, 0.3) is 0 Å². The number of anilines is 1. The van der Waals surface area contributed by atoms with Crippen molar-refractivity contribution in [2.45, 2.75) is 32.6 Å². The first kappa shape index (κ1) is 20.1. The van der Waals surface area contributed by atoms with Gasteiger partial charge in [-0.2, -0.15) is 0 Å². The highest BCUT2D eigenvalue weighted by Gasteiger charge is 2.31. The van der Waals surface area contributed by atoms with Crippen LogP contribution < -0.4 is 4.90 Å². The molecule has 0 unspecified atom stereocenters. The summed E-state index contributed by atoms with van der Waals surface area (Å²) in [5.41, 5.74) is 3.95. The van der Waals surface area contributed by atoms with Crippen molar-refractivity contribution < 1.29 is 4.79 Å². The lowest BCUT2D eigenvalue weighted by Gasteiger charge is -2.31. The van der Waals surface area contributed by atoms with Gasteiger partial charge in [0.15, 0.2) is 11.5 Å². The monoisotopic (exact) mass is 440 g/mol. The van der Waals surface area contributed by atoms with E-state index in [2.05, 4.69) is 61.7 Å². The largest absolute Gasteiger partial charge is 0.341 e. The predicted octanol–water partition coefficient (Wildman–Crippen LogP) is 4.09. The molecule has 2 aromatic heterocycles. The maximum Gasteiger partial charge on any atom is 0.225 e. The van der Waals surface area contributed by atoms with E-state index in [0.717, 1.165) is 79.3 Å². The molecule has 6 rings (SSSR count). The zero-order valence-corrected chi connectivity index (χ0v) is 18.9. The molecule has 1 amide bonds. The van der Waals surface area contributed by atoms with Crippen LogP contribution >= 0.6 is 0 Å². The van der Waals surface area contributed by atoms with Crippen LogP contribution in [0.2, 0.25) is 0 Å². The average Bonchev–Trinajstić information content (AvgIpc) is 3.09. The van der Waals surface area contributed by atoms with Crippen molar-refractivity contribution in [3.05, 3.63) is 54.1 Å². The maximum atomic E-state index is 12.9. The number of amides is 1. The molecular formula is C26H28N6O. The molecule has 7 heteroatoms. The topological polar surface area (TPSA) is 66.6 Å². The first-order valence-corrected chi connectivity index (χ1v) is 11.9. The van der Waals surface area contributed by atoms with Gasteiger partial charge >= 0.3 is 0 Å². The molecule has 0 atom stereocenters. The molecule has 1 saturated carbocycles. The lowest BCUT2D eigenvalue weighted by molar-refractivity contribution is -0.137. The van der Waals surface area contributed by atoms with Crippen LogP contribution in [-0.4, -0.2) is 56.6 Å². The fourth-order valence-corrected chi connectivity index (χ4v) is 4.92. The minimum absolute atomic E-state index is 0.244. The number of rotatable bonds is 3. The summed E-state index contributed by atoms with van der Waals surface area (Å²) in [6.45, 7) is 5.23. The van der Waals surface area contributed by atoms with Gasteiger partial charge in [0.1, 0.15) is 0 Å². The summed E-state index contributed by atoms with van der Waals surface area (Å²) in [5.74, 6) is 2.23. The van der Waals surface area contributed by atoms with Gasteiger partial charge in [-0.25, -0.2) is 9.38 Å². The molecule has 3 heterocycles. The molecule has 2 aliphatic rings. The predicted molar refractivity (Wildman–Crippen MR) is 129 cm³/mol. The minimum Gasteiger partial charge on any atom is -0.341 e. The second-order valence-corrected chi connectivity index (χ2v) is 9.27. The van der Waals surface area contributed by atoms with Crippen LogP contribution in [0.4, 0.5) is 5.95 Å². The van der Waals surface area contributed by atoms with E-state index in [0.29, 0.717) is 5.91 Å². The summed E-state index contributed by atoms with van der Waals surface area (Å²) >= 11 is 0. The van der Waals surface area contributed by atoms with Crippen LogP contribution in [0.5, 0.6) is 0 Å². The summed E-state index contributed by atoms with van der Waals surface area (Å²) < 4.78 is 2.09. The Kier molecular flexibility index (Phi) is 4.97. The Hall–Kier alpha value is -3.48. The third kappa shape index (κ3) is 3.52. The van der Waals surface area contributed by atoms with Crippen molar-refractivity contribution in [3.63, 3.8) is 0 Å². The van der Waals surface area contributed by atoms with E-state index in [4.69, 9.17) is 4.98 Å². The second kappa shape index (κ2) is 8.14. The number of hydrogen-bond acceptors (Lipinski definition) is 5. The lowest BCUT2D eigenvalue weighted by Crippen LogP contribution is -2.41. The molecule has 1 aliphatic heterocycles. The van der Waals surface area contributed by atoms with Crippen LogP contribution in [0.3, 0.4) is 0 Å². The number of hydrogen-bond donors (Lipinski definition) is 0. The molecule has 33 heavy (non-hydrogen) atoms. The number of carbonyl (C=O) groups excluding carboxylic acids is 1. The number of aromatic nitrogens is 4. The smallest absolute Gasteiger partial charge is 0.225 e. The second-order valence-electron chi connectivity index (χ2n) is 9.27. The van der Waals surface area contributed by atoms with Gasteiger partial charge in [-0.05, 0) is 38.3 Å². The van der Waals surface area contributed by atoms with Gasteiger partial charge in [0, 0.05) is 43.0 Å². The van der Waals surface area contributed by atoms with Gasteiger partial charge in [-0.15, -0.1) is 10.2 Å². The van der Waals surface area contributed by atoms with E-state index in [1.165, 1.54) is 12.0 Å². The fraction of sp³-hybridized carbons (Fsp3) is 0.385. The Bertz CT molecular complexity index is 1320. The van der Waals surface area contributed by atoms with Gasteiger partial charge < -0.3 is 9.80 Å². The summed E-state index contributed by atoms with van der Waals surface area (Å²) in [6, 6.07) is 16.5. The molecule has 0 N–H and O–H groups in total. The van der Waals surface area contributed by atoms with Crippen LogP contribution in [0.1, 0.15) is 31.2 Å². The van der Waals surface area contributed by atoms with Gasteiger partial charge in [-0.3, -0.25) is 4.79 Å². The molecule has 2 aromatic carbocycles. The molecule has 1 saturated heterocycles. The highest BCUT2D eigenvalue weighted by molar-refractivity contribution is 5.93. The number of fused-ring (bicyclic) bond motifs is 3. The number of aryl methyl sites for hydroxylation is 1. The molecular weight excluding hydrogens is 412 g/mol.